The molecule has 1 amide bonds. The zero-order valence-electron chi connectivity index (χ0n) is 19.0. The molecule has 170 valence electrons. The number of nitrogens with one attached hydrogen (secondary N) is 1. The number of rotatable bonds is 6. The summed E-state index contributed by atoms with van der Waals surface area (Å²) < 4.78 is 15.7. The third-order valence-electron chi connectivity index (χ3n) is 5.62. The van der Waals surface area contributed by atoms with Gasteiger partial charge in [-0.15, -0.1) is 0 Å². The minimum Gasteiger partial charge on any atom is -0.492 e. The minimum absolute atomic E-state index is 0.176. The summed E-state index contributed by atoms with van der Waals surface area (Å²) in [5, 5.41) is 12.2. The van der Waals surface area contributed by atoms with Crippen LogP contribution in [0.3, 0.4) is 0 Å². The molecular weight excluding hydrogens is 432 g/mol. The second-order valence-electron chi connectivity index (χ2n) is 7.66. The number of furan rings is 1. The highest BCUT2D eigenvalue weighted by Gasteiger charge is 2.26. The topological polar surface area (TPSA) is 102 Å². The predicted molar refractivity (Wildman–Crippen MR) is 126 cm³/mol. The number of carbonyl (C=O) groups is 2. The van der Waals surface area contributed by atoms with Gasteiger partial charge < -0.3 is 19.2 Å². The molecule has 0 radical (unpaired) electrons. The van der Waals surface area contributed by atoms with E-state index in [9.17, 15) is 14.9 Å². The van der Waals surface area contributed by atoms with E-state index in [1.165, 1.54) is 20.3 Å². The van der Waals surface area contributed by atoms with Crippen LogP contribution in [0.2, 0.25) is 0 Å². The highest BCUT2D eigenvalue weighted by Crippen LogP contribution is 2.43. The molecular formula is C27H22N2O5. The van der Waals surface area contributed by atoms with Crippen LogP contribution in [0.5, 0.6) is 0 Å². The van der Waals surface area contributed by atoms with Gasteiger partial charge in [-0.3, -0.25) is 9.59 Å². The first kappa shape index (κ1) is 22.6. The van der Waals surface area contributed by atoms with Crippen LogP contribution < -0.4 is 5.32 Å². The molecule has 1 N–H and O–H groups in total. The summed E-state index contributed by atoms with van der Waals surface area (Å²) in [6.07, 6.45) is 8.28. The fourth-order valence-corrected chi connectivity index (χ4v) is 3.91. The lowest BCUT2D eigenvalue weighted by atomic mass is 9.98. The SMILES string of the molecule is COC1=CC(=CC2=C(C)/C(=C\C(=O)NCc3ccco3)c3cc(C#N)ccc32)C=C(OC)C1=O. The summed E-state index contributed by atoms with van der Waals surface area (Å²) in [7, 11) is 2.86. The van der Waals surface area contributed by atoms with Crippen LogP contribution in [0, 0.1) is 11.3 Å². The maximum atomic E-state index is 12.7. The number of methoxy groups -OCH3 is 2. The Hall–Kier alpha value is -4.57. The van der Waals surface area contributed by atoms with Gasteiger partial charge in [-0.05, 0) is 82.8 Å². The lowest BCUT2D eigenvalue weighted by Crippen LogP contribution is -2.20. The number of benzene rings is 1. The quantitative estimate of drug-likeness (QED) is 0.656. The first-order valence-corrected chi connectivity index (χ1v) is 10.5. The minimum atomic E-state index is -0.327. The number of Topliss-reactive ketones (excluding diaryl/α,β-unsaturated/α-hetero) is 1. The van der Waals surface area contributed by atoms with Gasteiger partial charge in [0.05, 0.1) is 38.7 Å². The van der Waals surface area contributed by atoms with Crippen molar-refractivity contribution in [2.24, 2.45) is 0 Å². The van der Waals surface area contributed by atoms with E-state index in [4.69, 9.17) is 13.9 Å². The number of hydrogen-bond acceptors (Lipinski definition) is 6. The molecule has 0 spiro atoms. The van der Waals surface area contributed by atoms with Gasteiger partial charge in [-0.25, -0.2) is 0 Å². The van der Waals surface area contributed by atoms with Crippen molar-refractivity contribution in [3.63, 3.8) is 0 Å². The van der Waals surface area contributed by atoms with Crippen LogP contribution >= 0.6 is 0 Å². The van der Waals surface area contributed by atoms with E-state index in [0.717, 1.165) is 27.8 Å². The highest BCUT2D eigenvalue weighted by molar-refractivity contribution is 6.10. The zero-order chi connectivity index (χ0) is 24.2. The van der Waals surface area contributed by atoms with Gasteiger partial charge >= 0.3 is 0 Å². The molecule has 1 aromatic heterocycles. The summed E-state index contributed by atoms with van der Waals surface area (Å²) in [4.78, 5) is 25.0. The maximum Gasteiger partial charge on any atom is 0.261 e. The molecule has 4 rings (SSSR count). The average molecular weight is 454 g/mol. The van der Waals surface area contributed by atoms with Crippen molar-refractivity contribution in [2.45, 2.75) is 13.5 Å². The summed E-state index contributed by atoms with van der Waals surface area (Å²) in [5.74, 6) is 0.396. The summed E-state index contributed by atoms with van der Waals surface area (Å²) in [5.41, 5.74) is 5.32. The number of nitriles is 1. The van der Waals surface area contributed by atoms with E-state index in [2.05, 4.69) is 11.4 Å². The fraction of sp³-hybridized carbons (Fsp3) is 0.148. The number of allylic oxidation sites excluding steroid dienone is 7. The Bertz CT molecular complexity index is 1340. The first-order valence-electron chi connectivity index (χ1n) is 10.5. The van der Waals surface area contributed by atoms with E-state index in [-0.39, 0.29) is 29.8 Å². The van der Waals surface area contributed by atoms with E-state index >= 15 is 0 Å². The van der Waals surface area contributed by atoms with Gasteiger partial charge in [-0.1, -0.05) is 6.07 Å². The van der Waals surface area contributed by atoms with Gasteiger partial charge in [0.15, 0.2) is 11.5 Å². The van der Waals surface area contributed by atoms with Crippen LogP contribution in [0.1, 0.15) is 29.4 Å². The van der Waals surface area contributed by atoms with Crippen LogP contribution in [0.15, 0.2) is 88.0 Å². The largest absolute Gasteiger partial charge is 0.492 e. The molecule has 0 unspecified atom stereocenters. The van der Waals surface area contributed by atoms with Gasteiger partial charge in [0.25, 0.3) is 5.78 Å². The van der Waals surface area contributed by atoms with Crippen LogP contribution in [-0.2, 0) is 25.6 Å². The van der Waals surface area contributed by atoms with Crippen molar-refractivity contribution in [3.05, 3.63) is 106 Å². The molecule has 1 heterocycles. The Morgan fingerprint density at radius 3 is 2.50 bits per heavy atom. The lowest BCUT2D eigenvalue weighted by Gasteiger charge is -2.14. The number of carbonyl (C=O) groups excluding carboxylic acids is 2. The van der Waals surface area contributed by atoms with Crippen LogP contribution in [0.4, 0.5) is 0 Å². The second-order valence-corrected chi connectivity index (χ2v) is 7.66. The van der Waals surface area contributed by atoms with Gasteiger partial charge in [0.1, 0.15) is 5.76 Å². The molecule has 0 fully saturated rings. The third kappa shape index (κ3) is 4.34. The van der Waals surface area contributed by atoms with Crippen LogP contribution in [-0.4, -0.2) is 25.9 Å². The van der Waals surface area contributed by atoms with Gasteiger partial charge in [0.2, 0.25) is 5.91 Å². The van der Waals surface area contributed by atoms with E-state index < -0.39 is 0 Å². The normalized spacial score (nSPS) is 16.0. The number of fused-ring (bicyclic) bond motifs is 1. The lowest BCUT2D eigenvalue weighted by molar-refractivity contribution is -0.118. The first-order chi connectivity index (χ1) is 16.4. The van der Waals surface area contributed by atoms with Gasteiger partial charge in [-0.2, -0.15) is 5.26 Å². The van der Waals surface area contributed by atoms with Crippen molar-refractivity contribution < 1.29 is 23.5 Å². The molecule has 1 aromatic carbocycles. The fourth-order valence-electron chi connectivity index (χ4n) is 3.91. The molecule has 7 heteroatoms. The van der Waals surface area contributed by atoms with Crippen molar-refractivity contribution >= 4 is 22.8 Å². The van der Waals surface area contributed by atoms with Gasteiger partial charge in [0, 0.05) is 6.08 Å². The van der Waals surface area contributed by atoms with Crippen LogP contribution in [0.25, 0.3) is 11.1 Å². The number of nitrogens with zero attached hydrogens (tertiary/aromatic N) is 1. The Labute approximate surface area is 197 Å². The molecule has 2 aromatic rings. The van der Waals surface area contributed by atoms with Crippen molar-refractivity contribution in [2.75, 3.05) is 14.2 Å². The predicted octanol–water partition coefficient (Wildman–Crippen LogP) is 4.21. The Morgan fingerprint density at radius 2 is 1.88 bits per heavy atom. The number of ether oxygens (including phenoxy) is 2. The summed E-state index contributed by atoms with van der Waals surface area (Å²) in [6.45, 7) is 2.18. The molecule has 7 nitrogen and oxygen atoms in total. The maximum absolute atomic E-state index is 12.7. The number of hydrogen-bond donors (Lipinski definition) is 1. The third-order valence-corrected chi connectivity index (χ3v) is 5.62. The number of ketones is 1. The Kier molecular flexibility index (Phi) is 6.33. The van der Waals surface area contributed by atoms with E-state index in [1.807, 2.05) is 19.1 Å². The Morgan fingerprint density at radius 1 is 1.15 bits per heavy atom. The zero-order valence-corrected chi connectivity index (χ0v) is 19.0. The molecule has 0 atom stereocenters. The van der Waals surface area contributed by atoms with Crippen molar-refractivity contribution in [1.29, 1.82) is 5.26 Å². The molecule has 2 aliphatic rings. The standard InChI is InChI=1S/C27H22N2O5/c1-16-21(10-18-11-24(32-2)27(31)25(12-18)33-3)20-7-6-17(14-28)9-23(20)22(16)13-26(30)29-15-19-5-4-8-34-19/h4-13H,15H2,1-3H3,(H,29,30)/b22-13+. The van der Waals surface area contributed by atoms with Crippen molar-refractivity contribution in [3.8, 4) is 6.07 Å². The summed E-state index contributed by atoms with van der Waals surface area (Å²) >= 11 is 0. The molecule has 0 saturated carbocycles. The smallest absolute Gasteiger partial charge is 0.261 e. The van der Waals surface area contributed by atoms with E-state index in [1.54, 1.807) is 42.7 Å². The molecule has 0 saturated heterocycles. The molecule has 0 bridgehead atoms. The molecule has 2 aliphatic carbocycles. The van der Waals surface area contributed by atoms with E-state index in [0.29, 0.717) is 16.9 Å². The second kappa shape index (κ2) is 9.51. The van der Waals surface area contributed by atoms with Crippen molar-refractivity contribution in [1.82, 2.24) is 5.32 Å². The Balaban J connectivity index is 1.76. The highest BCUT2D eigenvalue weighted by atomic mass is 16.5. The molecule has 0 aliphatic heterocycles. The summed E-state index contributed by atoms with van der Waals surface area (Å²) in [6, 6.07) is 11.1. The average Bonchev–Trinajstić information content (AvgIpc) is 3.46. The molecule has 34 heavy (non-hydrogen) atoms. The monoisotopic (exact) mass is 454 g/mol. The number of amides is 1.